The molecule has 1 N–H and O–H groups in total. The molecule has 0 amide bonds. The molecule has 2 heterocycles. The summed E-state index contributed by atoms with van der Waals surface area (Å²) in [4.78, 5) is 16.9. The summed E-state index contributed by atoms with van der Waals surface area (Å²) in [6.07, 6.45) is 1.61. The van der Waals surface area contributed by atoms with Crippen LogP contribution in [-0.4, -0.2) is 47.2 Å². The number of hydrogen-bond acceptors (Lipinski definition) is 5. The molecule has 144 valence electrons. The molecule has 1 aromatic carbocycles. The highest BCUT2D eigenvalue weighted by atomic mass is 35.5. The number of carboxylic acids is 1. The summed E-state index contributed by atoms with van der Waals surface area (Å²) in [6, 6.07) is 9.31. The molecule has 3 rings (SSSR count). The number of aromatic nitrogens is 1. The number of carboxylic acid groups (broad SMARTS) is 1. The Hall–Kier alpha value is -1.86. The van der Waals surface area contributed by atoms with Crippen LogP contribution >= 0.6 is 23.2 Å². The predicted molar refractivity (Wildman–Crippen MR) is 102 cm³/mol. The maximum atomic E-state index is 10.7. The van der Waals surface area contributed by atoms with Gasteiger partial charge < -0.3 is 14.6 Å². The standard InChI is InChI=1S/C19H20Cl2N2O4/c20-16-5-7-22-19(21)15(16)12-27-14-3-1-13(2-4-14)17-11-23(9-10-26-17)8-6-18(24)25/h1-5,7,17H,6,8-12H2,(H,24,25). The van der Waals surface area contributed by atoms with E-state index >= 15 is 0 Å². The van der Waals surface area contributed by atoms with Gasteiger partial charge in [-0.1, -0.05) is 35.3 Å². The number of hydrogen-bond donors (Lipinski definition) is 1. The molecule has 8 heteroatoms. The topological polar surface area (TPSA) is 71.9 Å². The van der Waals surface area contributed by atoms with E-state index in [2.05, 4.69) is 9.88 Å². The maximum Gasteiger partial charge on any atom is 0.304 e. The zero-order chi connectivity index (χ0) is 19.2. The number of benzene rings is 1. The minimum absolute atomic E-state index is 0.0798. The number of rotatable bonds is 7. The highest BCUT2D eigenvalue weighted by molar-refractivity contribution is 6.35. The third-order valence-electron chi connectivity index (χ3n) is 4.37. The summed E-state index contributed by atoms with van der Waals surface area (Å²) in [7, 11) is 0. The number of morpholine rings is 1. The van der Waals surface area contributed by atoms with Crippen molar-refractivity contribution < 1.29 is 19.4 Å². The molecule has 1 aromatic heterocycles. The van der Waals surface area contributed by atoms with Crippen LogP contribution in [0.3, 0.4) is 0 Å². The van der Waals surface area contributed by atoms with Crippen molar-refractivity contribution >= 4 is 29.2 Å². The Morgan fingerprint density at radius 1 is 1.30 bits per heavy atom. The highest BCUT2D eigenvalue weighted by Crippen LogP contribution is 2.27. The van der Waals surface area contributed by atoms with E-state index in [0.717, 1.165) is 12.1 Å². The van der Waals surface area contributed by atoms with Gasteiger partial charge in [0.05, 0.1) is 24.2 Å². The van der Waals surface area contributed by atoms with Crippen molar-refractivity contribution in [2.24, 2.45) is 0 Å². The molecule has 1 atom stereocenters. The second kappa shape index (κ2) is 9.37. The average Bonchev–Trinajstić information content (AvgIpc) is 2.67. The van der Waals surface area contributed by atoms with E-state index in [1.165, 1.54) is 0 Å². The number of aliphatic carboxylic acids is 1. The Morgan fingerprint density at radius 2 is 2.07 bits per heavy atom. The van der Waals surface area contributed by atoms with E-state index in [1.54, 1.807) is 12.3 Å². The molecule has 2 aromatic rings. The smallest absolute Gasteiger partial charge is 0.304 e. The molecule has 0 saturated carbocycles. The quantitative estimate of drug-likeness (QED) is 0.699. The lowest BCUT2D eigenvalue weighted by Gasteiger charge is -2.32. The van der Waals surface area contributed by atoms with Gasteiger partial charge in [-0.2, -0.15) is 0 Å². The zero-order valence-corrected chi connectivity index (χ0v) is 16.1. The first kappa shape index (κ1) is 19.9. The normalized spacial score (nSPS) is 17.6. The van der Waals surface area contributed by atoms with Crippen molar-refractivity contribution in [3.8, 4) is 5.75 Å². The van der Waals surface area contributed by atoms with Gasteiger partial charge in [-0.05, 0) is 23.8 Å². The third-order valence-corrected chi connectivity index (χ3v) is 5.05. The fourth-order valence-electron chi connectivity index (χ4n) is 2.87. The van der Waals surface area contributed by atoms with Gasteiger partial charge in [0.1, 0.15) is 17.5 Å². The first-order valence-electron chi connectivity index (χ1n) is 8.60. The van der Waals surface area contributed by atoms with Gasteiger partial charge >= 0.3 is 5.97 Å². The fraction of sp³-hybridized carbons (Fsp3) is 0.368. The monoisotopic (exact) mass is 410 g/mol. The second-order valence-corrected chi connectivity index (χ2v) is 6.99. The molecule has 1 saturated heterocycles. The lowest BCUT2D eigenvalue weighted by Crippen LogP contribution is -2.39. The molecule has 1 aliphatic rings. The Bertz CT molecular complexity index is 766. The minimum atomic E-state index is -0.784. The van der Waals surface area contributed by atoms with E-state index in [1.807, 2.05) is 24.3 Å². The molecule has 0 bridgehead atoms. The largest absolute Gasteiger partial charge is 0.489 e. The number of pyridine rings is 1. The predicted octanol–water partition coefficient (Wildman–Crippen LogP) is 3.82. The van der Waals surface area contributed by atoms with Gasteiger partial charge in [0.25, 0.3) is 0 Å². The maximum absolute atomic E-state index is 10.7. The molecule has 1 fully saturated rings. The van der Waals surface area contributed by atoms with Crippen molar-refractivity contribution in [1.82, 2.24) is 9.88 Å². The van der Waals surface area contributed by atoms with E-state index in [9.17, 15) is 4.79 Å². The van der Waals surface area contributed by atoms with Crippen LogP contribution in [0.15, 0.2) is 36.5 Å². The van der Waals surface area contributed by atoms with Crippen LogP contribution in [0, 0.1) is 0 Å². The Balaban J connectivity index is 1.57. The van der Waals surface area contributed by atoms with Gasteiger partial charge in [-0.25, -0.2) is 4.98 Å². The average molecular weight is 411 g/mol. The first-order chi connectivity index (χ1) is 13.0. The highest BCUT2D eigenvalue weighted by Gasteiger charge is 2.22. The molecular weight excluding hydrogens is 391 g/mol. The molecule has 6 nitrogen and oxygen atoms in total. The molecule has 0 spiro atoms. The summed E-state index contributed by atoms with van der Waals surface area (Å²) >= 11 is 12.2. The fourth-order valence-corrected chi connectivity index (χ4v) is 3.33. The number of ether oxygens (including phenoxy) is 2. The summed E-state index contributed by atoms with van der Waals surface area (Å²) in [6.45, 7) is 2.77. The molecular formula is C19H20Cl2N2O4. The summed E-state index contributed by atoms with van der Waals surface area (Å²) in [5.74, 6) is -0.0957. The SMILES string of the molecule is O=C(O)CCN1CCOC(c2ccc(OCc3c(Cl)ccnc3Cl)cc2)C1. The third kappa shape index (κ3) is 5.56. The lowest BCUT2D eigenvalue weighted by molar-refractivity contribution is -0.137. The van der Waals surface area contributed by atoms with Crippen LogP contribution in [0.25, 0.3) is 0 Å². The second-order valence-electron chi connectivity index (χ2n) is 6.22. The number of carbonyl (C=O) groups is 1. The summed E-state index contributed by atoms with van der Waals surface area (Å²) < 4.78 is 11.6. The first-order valence-corrected chi connectivity index (χ1v) is 9.36. The van der Waals surface area contributed by atoms with Gasteiger partial charge in [0, 0.05) is 31.4 Å². The Morgan fingerprint density at radius 3 is 2.78 bits per heavy atom. The van der Waals surface area contributed by atoms with Crippen molar-refractivity contribution in [1.29, 1.82) is 0 Å². The van der Waals surface area contributed by atoms with E-state index in [4.69, 9.17) is 37.8 Å². The molecule has 27 heavy (non-hydrogen) atoms. The molecule has 1 unspecified atom stereocenters. The van der Waals surface area contributed by atoms with Crippen molar-refractivity contribution in [3.05, 3.63) is 57.8 Å². The molecule has 1 aliphatic heterocycles. The summed E-state index contributed by atoms with van der Waals surface area (Å²) in [5, 5.41) is 9.68. The van der Waals surface area contributed by atoms with Crippen LogP contribution in [-0.2, 0) is 16.1 Å². The summed E-state index contributed by atoms with van der Waals surface area (Å²) in [5.41, 5.74) is 1.68. The van der Waals surface area contributed by atoms with Gasteiger partial charge in [-0.3, -0.25) is 9.69 Å². The van der Waals surface area contributed by atoms with Crippen molar-refractivity contribution in [2.75, 3.05) is 26.2 Å². The molecule has 0 aliphatic carbocycles. The van der Waals surface area contributed by atoms with Crippen molar-refractivity contribution in [3.63, 3.8) is 0 Å². The number of halogens is 2. The van der Waals surface area contributed by atoms with Crippen molar-refractivity contribution in [2.45, 2.75) is 19.1 Å². The van der Waals surface area contributed by atoms with Crippen LogP contribution in [0.5, 0.6) is 5.75 Å². The van der Waals surface area contributed by atoms with E-state index < -0.39 is 5.97 Å². The van der Waals surface area contributed by atoms with Gasteiger partial charge in [-0.15, -0.1) is 0 Å². The molecule has 0 radical (unpaired) electrons. The van der Waals surface area contributed by atoms with Crippen LogP contribution in [0.1, 0.15) is 23.7 Å². The van der Waals surface area contributed by atoms with E-state index in [0.29, 0.717) is 41.2 Å². The van der Waals surface area contributed by atoms with E-state index in [-0.39, 0.29) is 19.1 Å². The lowest BCUT2D eigenvalue weighted by atomic mass is 10.1. The van der Waals surface area contributed by atoms with Crippen LogP contribution in [0.2, 0.25) is 10.2 Å². The van der Waals surface area contributed by atoms with Crippen LogP contribution < -0.4 is 4.74 Å². The van der Waals surface area contributed by atoms with Crippen LogP contribution in [0.4, 0.5) is 0 Å². The Labute approximate surface area is 167 Å². The zero-order valence-electron chi connectivity index (χ0n) is 14.6. The number of nitrogens with zero attached hydrogens (tertiary/aromatic N) is 2. The van der Waals surface area contributed by atoms with Gasteiger partial charge in [0.2, 0.25) is 0 Å². The minimum Gasteiger partial charge on any atom is -0.489 e. The van der Waals surface area contributed by atoms with Gasteiger partial charge in [0.15, 0.2) is 0 Å². The Kier molecular flexibility index (Phi) is 6.90.